The molecule has 1 heterocycles. The molecule has 1 atom stereocenters. The van der Waals surface area contributed by atoms with Gasteiger partial charge in [0.05, 0.1) is 4.92 Å². The highest BCUT2D eigenvalue weighted by Gasteiger charge is 2.52. The van der Waals surface area contributed by atoms with E-state index in [4.69, 9.17) is 0 Å². The van der Waals surface area contributed by atoms with Crippen LogP contribution in [0, 0.1) is 29.9 Å². The topological polar surface area (TPSA) is 122 Å². The Morgan fingerprint density at radius 1 is 1.28 bits per heavy atom. The van der Waals surface area contributed by atoms with Gasteiger partial charge in [-0.25, -0.2) is 4.79 Å². The first-order valence-corrected chi connectivity index (χ1v) is 9.83. The summed E-state index contributed by atoms with van der Waals surface area (Å²) in [6, 6.07) is 2.33. The summed E-state index contributed by atoms with van der Waals surface area (Å²) in [5.74, 6) is -1.03. The number of hydrogen-bond acceptors (Lipinski definition) is 5. The van der Waals surface area contributed by atoms with Crippen LogP contribution in [0.2, 0.25) is 0 Å². The van der Waals surface area contributed by atoms with Crippen LogP contribution in [-0.4, -0.2) is 39.8 Å². The van der Waals surface area contributed by atoms with E-state index in [2.05, 4.69) is 10.6 Å². The third kappa shape index (κ3) is 3.81. The monoisotopic (exact) mass is 402 g/mol. The summed E-state index contributed by atoms with van der Waals surface area (Å²) < 4.78 is 0. The first-order valence-electron chi connectivity index (χ1n) is 9.83. The molecule has 1 saturated heterocycles. The van der Waals surface area contributed by atoms with E-state index in [1.165, 1.54) is 6.07 Å². The van der Waals surface area contributed by atoms with Crippen molar-refractivity contribution in [3.8, 4) is 0 Å². The number of hydrogen-bond donors (Lipinski definition) is 2. The molecule has 29 heavy (non-hydrogen) atoms. The molecule has 1 aliphatic carbocycles. The zero-order valence-corrected chi connectivity index (χ0v) is 16.9. The van der Waals surface area contributed by atoms with Gasteiger partial charge in [-0.05, 0) is 50.7 Å². The van der Waals surface area contributed by atoms with E-state index in [0.29, 0.717) is 5.56 Å². The van der Waals surface area contributed by atoms with Crippen LogP contribution in [0.5, 0.6) is 0 Å². The second kappa shape index (κ2) is 7.81. The van der Waals surface area contributed by atoms with Crippen LogP contribution in [0.4, 0.5) is 16.2 Å². The quantitative estimate of drug-likeness (QED) is 0.445. The minimum atomic E-state index is -1.01. The summed E-state index contributed by atoms with van der Waals surface area (Å²) >= 11 is 0. The van der Waals surface area contributed by atoms with E-state index in [-0.39, 0.29) is 17.3 Å². The minimum Gasteiger partial charge on any atom is -0.323 e. The molecule has 2 aliphatic rings. The fourth-order valence-electron chi connectivity index (χ4n) is 4.25. The van der Waals surface area contributed by atoms with Gasteiger partial charge in [0, 0.05) is 6.07 Å². The number of benzene rings is 1. The number of anilines is 1. The lowest BCUT2D eigenvalue weighted by Crippen LogP contribution is -2.51. The van der Waals surface area contributed by atoms with E-state index in [1.807, 2.05) is 0 Å². The Hall–Kier alpha value is -2.97. The van der Waals surface area contributed by atoms with E-state index in [9.17, 15) is 24.5 Å². The number of nitrogens with one attached hydrogen (secondary N) is 2. The van der Waals surface area contributed by atoms with Crippen molar-refractivity contribution < 1.29 is 19.3 Å². The van der Waals surface area contributed by atoms with Crippen molar-refractivity contribution in [3.05, 3.63) is 33.4 Å². The van der Waals surface area contributed by atoms with Crippen molar-refractivity contribution in [1.29, 1.82) is 0 Å². The summed E-state index contributed by atoms with van der Waals surface area (Å²) in [6.07, 6.45) is 4.87. The lowest BCUT2D eigenvalue weighted by molar-refractivity contribution is -0.384. The van der Waals surface area contributed by atoms with Crippen molar-refractivity contribution in [2.24, 2.45) is 5.92 Å². The van der Waals surface area contributed by atoms with Crippen molar-refractivity contribution in [1.82, 2.24) is 10.2 Å². The average molecular weight is 402 g/mol. The van der Waals surface area contributed by atoms with Crippen LogP contribution in [0.3, 0.4) is 0 Å². The van der Waals surface area contributed by atoms with Crippen LogP contribution >= 0.6 is 0 Å². The Morgan fingerprint density at radius 3 is 2.55 bits per heavy atom. The molecule has 0 aromatic heterocycles. The molecule has 1 saturated carbocycles. The van der Waals surface area contributed by atoms with Gasteiger partial charge in [0.25, 0.3) is 11.6 Å². The maximum atomic E-state index is 13.0. The second-order valence-corrected chi connectivity index (χ2v) is 8.07. The Kier molecular flexibility index (Phi) is 5.59. The van der Waals surface area contributed by atoms with Gasteiger partial charge in [-0.15, -0.1) is 0 Å². The van der Waals surface area contributed by atoms with Gasteiger partial charge < -0.3 is 10.6 Å². The zero-order chi connectivity index (χ0) is 21.3. The van der Waals surface area contributed by atoms with Gasteiger partial charge in [0.1, 0.15) is 17.8 Å². The van der Waals surface area contributed by atoms with Crippen LogP contribution in [-0.2, 0) is 9.59 Å². The normalized spacial score (nSPS) is 22.5. The Morgan fingerprint density at radius 2 is 1.93 bits per heavy atom. The largest absolute Gasteiger partial charge is 0.325 e. The molecular weight excluding hydrogens is 376 g/mol. The van der Waals surface area contributed by atoms with Gasteiger partial charge >= 0.3 is 6.03 Å². The fourth-order valence-corrected chi connectivity index (χ4v) is 4.25. The first-order chi connectivity index (χ1) is 13.6. The molecule has 0 unspecified atom stereocenters. The van der Waals surface area contributed by atoms with E-state index < -0.39 is 34.9 Å². The Labute approximate surface area is 169 Å². The summed E-state index contributed by atoms with van der Waals surface area (Å²) in [5.41, 5.74) is 0.193. The molecule has 156 valence electrons. The number of carbonyl (C=O) groups excluding carboxylic acids is 3. The van der Waals surface area contributed by atoms with Gasteiger partial charge in [-0.3, -0.25) is 24.6 Å². The number of imide groups is 1. The molecule has 0 bridgehead atoms. The lowest BCUT2D eigenvalue weighted by Gasteiger charge is -2.34. The first kappa shape index (κ1) is 20.8. The Bertz CT molecular complexity index is 878. The third-order valence-electron chi connectivity index (χ3n) is 6.20. The van der Waals surface area contributed by atoms with Crippen molar-refractivity contribution in [3.63, 3.8) is 0 Å². The summed E-state index contributed by atoms with van der Waals surface area (Å²) in [6.45, 7) is 4.68. The Balaban J connectivity index is 1.76. The van der Waals surface area contributed by atoms with Crippen LogP contribution in [0.15, 0.2) is 12.1 Å². The maximum Gasteiger partial charge on any atom is 0.325 e. The number of rotatable bonds is 5. The van der Waals surface area contributed by atoms with Crippen molar-refractivity contribution in [2.75, 3.05) is 11.9 Å². The highest BCUT2D eigenvalue weighted by molar-refractivity contribution is 6.10. The number of urea groups is 1. The molecule has 9 nitrogen and oxygen atoms in total. The number of nitrogens with zero attached hydrogens (tertiary/aromatic N) is 2. The summed E-state index contributed by atoms with van der Waals surface area (Å²) in [5, 5.41) is 16.6. The summed E-state index contributed by atoms with van der Waals surface area (Å²) in [7, 11) is 0. The molecule has 1 aromatic rings. The van der Waals surface area contributed by atoms with Gasteiger partial charge in [0.2, 0.25) is 5.91 Å². The summed E-state index contributed by atoms with van der Waals surface area (Å²) in [4.78, 5) is 49.6. The second-order valence-electron chi connectivity index (χ2n) is 8.07. The number of nitro benzene ring substituents is 1. The average Bonchev–Trinajstić information content (AvgIpc) is 2.90. The molecular formula is C20H26N4O5. The number of amides is 4. The zero-order valence-electron chi connectivity index (χ0n) is 16.9. The molecule has 0 spiro atoms. The molecule has 0 radical (unpaired) electrons. The molecule has 1 aromatic carbocycles. The smallest absolute Gasteiger partial charge is 0.323 e. The van der Waals surface area contributed by atoms with E-state index in [0.717, 1.165) is 42.6 Å². The van der Waals surface area contributed by atoms with Gasteiger partial charge in [0.15, 0.2) is 0 Å². The van der Waals surface area contributed by atoms with Crippen molar-refractivity contribution >= 4 is 29.2 Å². The number of nitro groups is 1. The molecule has 4 amide bonds. The number of carbonyl (C=O) groups is 3. The van der Waals surface area contributed by atoms with Crippen molar-refractivity contribution in [2.45, 2.75) is 58.4 Å². The highest BCUT2D eigenvalue weighted by Crippen LogP contribution is 2.36. The van der Waals surface area contributed by atoms with E-state index in [1.54, 1.807) is 26.8 Å². The minimum absolute atomic E-state index is 0.0425. The van der Waals surface area contributed by atoms with Crippen LogP contribution in [0.1, 0.15) is 50.2 Å². The van der Waals surface area contributed by atoms with E-state index >= 15 is 0 Å². The van der Waals surface area contributed by atoms with Crippen LogP contribution < -0.4 is 10.6 Å². The van der Waals surface area contributed by atoms with Crippen LogP contribution in [0.25, 0.3) is 0 Å². The molecule has 2 N–H and O–H groups in total. The predicted octanol–water partition coefficient (Wildman–Crippen LogP) is 3.04. The molecule has 9 heteroatoms. The molecule has 2 fully saturated rings. The standard InChI is InChI=1S/C20H26N4O5/c1-12-9-10-15(24(28)29)17(13(12)2)21-16(25)11-23-18(26)20(3,22-19(23)27)14-7-5-4-6-8-14/h9-10,14H,4-8,11H2,1-3H3,(H,21,25)(H,22,27)/t20-/m0/s1. The van der Waals surface area contributed by atoms with Gasteiger partial charge in [-0.2, -0.15) is 0 Å². The highest BCUT2D eigenvalue weighted by atomic mass is 16.6. The SMILES string of the molecule is Cc1ccc([N+](=O)[O-])c(NC(=O)CN2C(=O)N[C@@](C)(C3CCCCC3)C2=O)c1C. The fraction of sp³-hybridized carbons (Fsp3) is 0.550. The predicted molar refractivity (Wildman–Crippen MR) is 106 cm³/mol. The van der Waals surface area contributed by atoms with Gasteiger partial charge in [-0.1, -0.05) is 25.3 Å². The third-order valence-corrected chi connectivity index (χ3v) is 6.20. The maximum absolute atomic E-state index is 13.0. The molecule has 1 aliphatic heterocycles. The number of aryl methyl sites for hydroxylation is 1. The lowest BCUT2D eigenvalue weighted by atomic mass is 9.75. The molecule has 3 rings (SSSR count).